The summed E-state index contributed by atoms with van der Waals surface area (Å²) < 4.78 is 9.75. The van der Waals surface area contributed by atoms with Crippen LogP contribution >= 0.6 is 0 Å². The first-order valence-electron chi connectivity index (χ1n) is 8.09. The number of nitrogens with one attached hydrogen (secondary N) is 1. The summed E-state index contributed by atoms with van der Waals surface area (Å²) in [5.74, 6) is -0.847. The molecule has 0 bridgehead atoms. The maximum atomic E-state index is 12.3. The van der Waals surface area contributed by atoms with Gasteiger partial charge in [0, 0.05) is 18.2 Å². The lowest BCUT2D eigenvalue weighted by molar-refractivity contribution is -0.443. The second-order valence-electron chi connectivity index (χ2n) is 5.94. The summed E-state index contributed by atoms with van der Waals surface area (Å²) >= 11 is 0. The molecule has 152 valence electrons. The van der Waals surface area contributed by atoms with Crippen molar-refractivity contribution in [3.05, 3.63) is 55.9 Å². The van der Waals surface area contributed by atoms with Gasteiger partial charge in [-0.1, -0.05) is 0 Å². The van der Waals surface area contributed by atoms with Gasteiger partial charge >= 0.3 is 18.0 Å². The van der Waals surface area contributed by atoms with Gasteiger partial charge in [-0.05, 0) is 55.3 Å². The van der Waals surface area contributed by atoms with Crippen molar-refractivity contribution in [1.82, 2.24) is 10.4 Å². The van der Waals surface area contributed by atoms with Crippen LogP contribution in [0.1, 0.15) is 33.3 Å². The van der Waals surface area contributed by atoms with Crippen LogP contribution in [0.2, 0.25) is 0 Å². The monoisotopic (exact) mass is 396 g/mol. The number of hydrogen-bond donors (Lipinski definition) is 1. The molecule has 0 aromatic heterocycles. The van der Waals surface area contributed by atoms with Crippen LogP contribution in [0.25, 0.3) is 6.08 Å². The summed E-state index contributed by atoms with van der Waals surface area (Å²) in [6, 6.07) is 4.78. The quantitative estimate of drug-likeness (QED) is 0.568. The molecule has 0 unspecified atom stereocenters. The third-order valence-corrected chi connectivity index (χ3v) is 2.88. The van der Waals surface area contributed by atoms with Crippen LogP contribution in [0.15, 0.2) is 30.1 Å². The summed E-state index contributed by atoms with van der Waals surface area (Å²) in [6.07, 6.45) is -2.53. The van der Waals surface area contributed by atoms with Gasteiger partial charge in [0.15, 0.2) is 0 Å². The second-order valence-corrected chi connectivity index (χ2v) is 5.94. The Morgan fingerprint density at radius 2 is 1.57 bits per heavy atom. The summed E-state index contributed by atoms with van der Waals surface area (Å²) in [6.45, 7) is 6.15. The van der Waals surface area contributed by atoms with Crippen molar-refractivity contribution in [2.45, 2.75) is 39.9 Å². The first-order valence-corrected chi connectivity index (χ1v) is 8.09. The Morgan fingerprint density at radius 3 is 2.00 bits per heavy atom. The number of nitro groups is 2. The number of benzene rings is 1. The molecule has 0 saturated carbocycles. The largest absolute Gasteiger partial charge is 0.532 e. The van der Waals surface area contributed by atoms with E-state index in [1.54, 1.807) is 13.8 Å². The lowest BCUT2D eigenvalue weighted by atomic mass is 10.2. The van der Waals surface area contributed by atoms with Gasteiger partial charge in [0.05, 0.1) is 11.0 Å². The molecule has 28 heavy (non-hydrogen) atoms. The highest BCUT2D eigenvalue weighted by Gasteiger charge is 2.35. The van der Waals surface area contributed by atoms with Gasteiger partial charge in [0.2, 0.25) is 0 Å². The van der Waals surface area contributed by atoms with E-state index >= 15 is 0 Å². The number of nitro benzene ring substituents is 1. The molecule has 0 atom stereocenters. The molecule has 0 heterocycles. The van der Waals surface area contributed by atoms with Gasteiger partial charge in [0.1, 0.15) is 6.10 Å². The minimum Gasteiger partial charge on any atom is -0.445 e. The zero-order chi connectivity index (χ0) is 21.4. The molecular weight excluding hydrogens is 376 g/mol. The van der Waals surface area contributed by atoms with Crippen LogP contribution in [-0.4, -0.2) is 39.2 Å². The molecule has 0 aliphatic heterocycles. The van der Waals surface area contributed by atoms with E-state index in [0.29, 0.717) is 5.01 Å². The van der Waals surface area contributed by atoms with Crippen molar-refractivity contribution < 1.29 is 28.9 Å². The van der Waals surface area contributed by atoms with Gasteiger partial charge in [-0.15, -0.1) is 5.43 Å². The van der Waals surface area contributed by atoms with Crippen LogP contribution in [0.4, 0.5) is 15.3 Å². The highest BCUT2D eigenvalue weighted by molar-refractivity contribution is 5.76. The Balaban J connectivity index is 3.28. The van der Waals surface area contributed by atoms with E-state index < -0.39 is 40.1 Å². The lowest BCUT2D eigenvalue weighted by Crippen LogP contribution is -2.48. The average molecular weight is 396 g/mol. The number of nitrogens with zero attached hydrogens (tertiary/aromatic N) is 3. The number of ether oxygens (including phenoxy) is 2. The molecule has 0 fully saturated rings. The maximum Gasteiger partial charge on any atom is 0.532 e. The number of carbonyl (C=O) groups is 2. The van der Waals surface area contributed by atoms with Crippen molar-refractivity contribution in [1.29, 1.82) is 0 Å². The van der Waals surface area contributed by atoms with Gasteiger partial charge in [-0.3, -0.25) is 10.1 Å². The van der Waals surface area contributed by atoms with Crippen molar-refractivity contribution in [3.63, 3.8) is 0 Å². The highest BCUT2D eigenvalue weighted by atomic mass is 16.6. The molecule has 12 heteroatoms. The second kappa shape index (κ2) is 9.85. The number of rotatable bonds is 6. The summed E-state index contributed by atoms with van der Waals surface area (Å²) in [5.41, 5.74) is 1.93. The summed E-state index contributed by atoms with van der Waals surface area (Å²) in [7, 11) is 0. The Bertz CT molecular complexity index is 773. The zero-order valence-electron chi connectivity index (χ0n) is 15.6. The van der Waals surface area contributed by atoms with E-state index in [2.05, 4.69) is 0 Å². The molecule has 1 aromatic rings. The summed E-state index contributed by atoms with van der Waals surface area (Å²) in [5, 5.41) is 22.5. The van der Waals surface area contributed by atoms with Gasteiger partial charge in [-0.2, -0.15) is 4.79 Å². The third kappa shape index (κ3) is 6.90. The Morgan fingerprint density at radius 1 is 1.04 bits per heavy atom. The maximum absolute atomic E-state index is 12.3. The minimum absolute atomic E-state index is 0.179. The lowest BCUT2D eigenvalue weighted by Gasteiger charge is -2.18. The number of hydrogen-bond acceptors (Lipinski definition) is 8. The van der Waals surface area contributed by atoms with Crippen molar-refractivity contribution >= 4 is 23.9 Å². The molecule has 1 N–H and O–H groups in total. The van der Waals surface area contributed by atoms with Crippen molar-refractivity contribution in [3.8, 4) is 0 Å². The molecule has 0 aliphatic rings. The first-order chi connectivity index (χ1) is 13.0. The van der Waals surface area contributed by atoms with Crippen LogP contribution < -0.4 is 5.43 Å². The Hall–Kier alpha value is -3.70. The van der Waals surface area contributed by atoms with E-state index in [1.807, 2.05) is 5.43 Å². The highest BCUT2D eigenvalue weighted by Crippen LogP contribution is 2.17. The SMILES string of the molecule is CC(C)OC(=O)NN(C(=O)OC(C)C)/C(=C\c1ccc([N+](=O)[O-])cc1)[N+](=O)[O-]. The molecule has 12 nitrogen and oxygen atoms in total. The van der Waals surface area contributed by atoms with Crippen LogP contribution in [0.5, 0.6) is 0 Å². The Kier molecular flexibility index (Phi) is 7.86. The molecule has 0 saturated heterocycles. The number of carbonyl (C=O) groups excluding carboxylic acids is 2. The fourth-order valence-corrected chi connectivity index (χ4v) is 1.82. The first kappa shape index (κ1) is 22.3. The molecule has 2 amide bonds. The van der Waals surface area contributed by atoms with Crippen molar-refractivity contribution in [2.24, 2.45) is 0 Å². The summed E-state index contributed by atoms with van der Waals surface area (Å²) in [4.78, 5) is 44.8. The van der Waals surface area contributed by atoms with E-state index in [0.717, 1.165) is 18.2 Å². The molecule has 1 rings (SSSR count). The topological polar surface area (TPSA) is 154 Å². The van der Waals surface area contributed by atoms with E-state index in [9.17, 15) is 29.8 Å². The molecule has 1 aromatic carbocycles. The van der Waals surface area contributed by atoms with Crippen molar-refractivity contribution in [2.75, 3.05) is 0 Å². The standard InChI is InChI=1S/C16H20N4O8/c1-10(2)27-15(21)17-18(16(22)28-11(3)4)14(20(25)26)9-12-5-7-13(8-6-12)19(23)24/h5-11H,1-4H3,(H,17,21)/b14-9+. The molecule has 0 spiro atoms. The smallest absolute Gasteiger partial charge is 0.445 e. The van der Waals surface area contributed by atoms with Gasteiger partial charge in [0.25, 0.3) is 5.69 Å². The molecule has 0 aliphatic carbocycles. The van der Waals surface area contributed by atoms with Crippen LogP contribution in [-0.2, 0) is 9.47 Å². The van der Waals surface area contributed by atoms with Crippen LogP contribution in [0, 0.1) is 20.2 Å². The predicted octanol–water partition coefficient (Wildman–Crippen LogP) is 3.07. The third-order valence-electron chi connectivity index (χ3n) is 2.88. The van der Waals surface area contributed by atoms with Crippen LogP contribution in [0.3, 0.4) is 0 Å². The van der Waals surface area contributed by atoms with E-state index in [4.69, 9.17) is 9.47 Å². The molecular formula is C16H20N4O8. The number of amides is 2. The Labute approximate surface area is 160 Å². The molecule has 0 radical (unpaired) electrons. The average Bonchev–Trinajstić information content (AvgIpc) is 2.56. The fourth-order valence-electron chi connectivity index (χ4n) is 1.82. The van der Waals surface area contributed by atoms with Gasteiger partial charge in [-0.25, -0.2) is 4.79 Å². The predicted molar refractivity (Wildman–Crippen MR) is 96.3 cm³/mol. The van der Waals surface area contributed by atoms with Gasteiger partial charge < -0.3 is 19.6 Å². The normalized spacial score (nSPS) is 11.1. The van der Waals surface area contributed by atoms with E-state index in [1.165, 1.54) is 26.0 Å². The fraction of sp³-hybridized carbons (Fsp3) is 0.375. The zero-order valence-corrected chi connectivity index (χ0v) is 15.6. The minimum atomic E-state index is -1.21. The number of hydrazine groups is 1. The number of non-ortho nitro benzene ring substituents is 1. The van der Waals surface area contributed by atoms with E-state index in [-0.39, 0.29) is 11.3 Å².